The van der Waals surface area contributed by atoms with Gasteiger partial charge < -0.3 is 4.74 Å². The van der Waals surface area contributed by atoms with Crippen LogP contribution >= 0.6 is 0 Å². The van der Waals surface area contributed by atoms with Crippen LogP contribution in [0.2, 0.25) is 0 Å². The highest BCUT2D eigenvalue weighted by molar-refractivity contribution is 5.79. The van der Waals surface area contributed by atoms with E-state index in [0.29, 0.717) is 6.04 Å². The first kappa shape index (κ1) is 19.6. The number of allylic oxidation sites excluding steroid dienone is 1. The summed E-state index contributed by atoms with van der Waals surface area (Å²) < 4.78 is 5.39. The third-order valence-electron chi connectivity index (χ3n) is 6.19. The molecule has 0 atom stereocenters. The molecule has 3 aromatic carbocycles. The van der Waals surface area contributed by atoms with Gasteiger partial charge in [0, 0.05) is 38.0 Å². The molecule has 1 heterocycles. The molecule has 0 aromatic heterocycles. The fourth-order valence-corrected chi connectivity index (χ4v) is 4.69. The van der Waals surface area contributed by atoms with E-state index in [9.17, 15) is 0 Å². The number of methoxy groups -OCH3 is 1. The van der Waals surface area contributed by atoms with Gasteiger partial charge in [-0.1, -0.05) is 66.7 Å². The van der Waals surface area contributed by atoms with Gasteiger partial charge in [0.2, 0.25) is 0 Å². The van der Waals surface area contributed by atoms with E-state index in [1.807, 2.05) is 42.6 Å². The number of hydrogen-bond donors (Lipinski definition) is 0. The first-order chi connectivity index (χ1) is 15.3. The lowest BCUT2D eigenvalue weighted by atomic mass is 10.0. The minimum atomic E-state index is 0.351. The van der Waals surface area contributed by atoms with Gasteiger partial charge in [-0.15, -0.1) is 0 Å². The molecule has 0 bridgehead atoms. The van der Waals surface area contributed by atoms with E-state index in [0.717, 1.165) is 37.5 Å². The molecule has 0 N–H and O–H groups in total. The monoisotopic (exact) mass is 409 g/mol. The quantitative estimate of drug-likeness (QED) is 0.550. The normalized spacial score (nSPS) is 16.7. The van der Waals surface area contributed by atoms with Crippen LogP contribution in [-0.4, -0.2) is 49.4 Å². The van der Waals surface area contributed by atoms with E-state index < -0.39 is 0 Å². The van der Waals surface area contributed by atoms with Gasteiger partial charge in [-0.25, -0.2) is 0 Å². The molecule has 3 aromatic rings. The minimum Gasteiger partial charge on any atom is -0.496 e. The van der Waals surface area contributed by atoms with Crippen molar-refractivity contribution in [2.45, 2.75) is 6.04 Å². The summed E-state index contributed by atoms with van der Waals surface area (Å²) in [5.41, 5.74) is 6.68. The van der Waals surface area contributed by atoms with Gasteiger partial charge in [0.1, 0.15) is 5.75 Å². The Kier molecular flexibility index (Phi) is 5.55. The van der Waals surface area contributed by atoms with Gasteiger partial charge >= 0.3 is 0 Å². The second-order valence-corrected chi connectivity index (χ2v) is 7.93. The zero-order valence-electron chi connectivity index (χ0n) is 17.8. The Labute approximate surface area is 184 Å². The summed E-state index contributed by atoms with van der Waals surface area (Å²) in [6, 6.07) is 26.0. The summed E-state index contributed by atoms with van der Waals surface area (Å²) in [6.45, 7) is 3.86. The molecule has 1 saturated heterocycles. The summed E-state index contributed by atoms with van der Waals surface area (Å²) in [4.78, 5) is 2.60. The predicted molar refractivity (Wildman–Crippen MR) is 127 cm³/mol. The maximum absolute atomic E-state index is 5.39. The second-order valence-electron chi connectivity index (χ2n) is 7.93. The average Bonchev–Trinajstić information content (AvgIpc) is 3.17. The number of hydrogen-bond acceptors (Lipinski definition) is 4. The van der Waals surface area contributed by atoms with Gasteiger partial charge in [-0.2, -0.15) is 5.10 Å². The zero-order chi connectivity index (χ0) is 21.0. The molecule has 4 nitrogen and oxygen atoms in total. The van der Waals surface area contributed by atoms with E-state index in [2.05, 4.69) is 63.5 Å². The number of rotatable bonds is 5. The van der Waals surface area contributed by atoms with Gasteiger partial charge in [-0.05, 0) is 40.5 Å². The van der Waals surface area contributed by atoms with Crippen molar-refractivity contribution in [3.8, 4) is 16.9 Å². The highest BCUT2D eigenvalue weighted by Gasteiger charge is 2.33. The molecule has 4 heteroatoms. The molecular formula is C27H27N3O. The Morgan fingerprint density at radius 2 is 1.42 bits per heavy atom. The van der Waals surface area contributed by atoms with Crippen LogP contribution in [0.25, 0.3) is 17.2 Å². The minimum absolute atomic E-state index is 0.351. The Morgan fingerprint density at radius 3 is 2.10 bits per heavy atom. The van der Waals surface area contributed by atoms with Crippen molar-refractivity contribution in [2.75, 3.05) is 33.3 Å². The lowest BCUT2D eigenvalue weighted by molar-refractivity contribution is 0.114. The number of nitrogens with zero attached hydrogens (tertiary/aromatic N) is 3. The van der Waals surface area contributed by atoms with Gasteiger partial charge in [-0.3, -0.25) is 9.91 Å². The molecule has 1 aliphatic heterocycles. The van der Waals surface area contributed by atoms with Crippen LogP contribution in [-0.2, 0) is 0 Å². The molecule has 31 heavy (non-hydrogen) atoms. The van der Waals surface area contributed by atoms with E-state index in [4.69, 9.17) is 4.74 Å². The molecule has 0 radical (unpaired) electrons. The number of hydrazone groups is 1. The highest BCUT2D eigenvalue weighted by Crippen LogP contribution is 2.46. The molecule has 1 aliphatic carbocycles. The summed E-state index contributed by atoms with van der Waals surface area (Å²) in [5.74, 6) is 0.873. The van der Waals surface area contributed by atoms with Crippen molar-refractivity contribution in [2.24, 2.45) is 5.10 Å². The zero-order valence-corrected chi connectivity index (χ0v) is 17.8. The Morgan fingerprint density at radius 1 is 0.806 bits per heavy atom. The summed E-state index contributed by atoms with van der Waals surface area (Å²) >= 11 is 0. The fraction of sp³-hybridized carbons (Fsp3) is 0.222. The molecule has 0 unspecified atom stereocenters. The van der Waals surface area contributed by atoms with Crippen molar-refractivity contribution < 1.29 is 4.74 Å². The topological polar surface area (TPSA) is 28.1 Å². The Hall–Kier alpha value is -3.37. The summed E-state index contributed by atoms with van der Waals surface area (Å²) in [7, 11) is 1.70. The van der Waals surface area contributed by atoms with Crippen molar-refractivity contribution >= 4 is 12.3 Å². The fourth-order valence-electron chi connectivity index (χ4n) is 4.69. The van der Waals surface area contributed by atoms with Crippen molar-refractivity contribution in [1.29, 1.82) is 0 Å². The summed E-state index contributed by atoms with van der Waals surface area (Å²) in [6.07, 6.45) is 5.89. The third-order valence-corrected chi connectivity index (χ3v) is 6.19. The highest BCUT2D eigenvalue weighted by atomic mass is 16.5. The predicted octanol–water partition coefficient (Wildman–Crippen LogP) is 5.08. The maximum atomic E-state index is 5.39. The molecule has 0 saturated carbocycles. The van der Waals surface area contributed by atoms with Crippen LogP contribution in [0.1, 0.15) is 22.7 Å². The average molecular weight is 410 g/mol. The molecule has 1 fully saturated rings. The van der Waals surface area contributed by atoms with Crippen molar-refractivity contribution in [3.63, 3.8) is 0 Å². The number of ether oxygens (including phenoxy) is 1. The lowest BCUT2D eigenvalue weighted by Crippen LogP contribution is -2.45. The van der Waals surface area contributed by atoms with Crippen molar-refractivity contribution in [1.82, 2.24) is 9.91 Å². The van der Waals surface area contributed by atoms with Gasteiger partial charge in [0.15, 0.2) is 0 Å². The molecule has 2 aliphatic rings. The van der Waals surface area contributed by atoms with Crippen LogP contribution in [0.3, 0.4) is 0 Å². The standard InChI is InChI=1S/C27H27N3O/c1-31-26-15-7-2-9-21(26)10-8-16-28-30-19-17-29(18-20-30)27-24-13-5-3-11-22(24)23-12-4-6-14-25(23)27/h2-16,27H,17-20H2,1H3. The van der Waals surface area contributed by atoms with E-state index in [-0.39, 0.29) is 0 Å². The molecule has 156 valence electrons. The Balaban J connectivity index is 1.24. The van der Waals surface area contributed by atoms with E-state index in [1.54, 1.807) is 7.11 Å². The van der Waals surface area contributed by atoms with Gasteiger partial charge in [0.25, 0.3) is 0 Å². The Bertz CT molecular complexity index is 1070. The van der Waals surface area contributed by atoms with Crippen molar-refractivity contribution in [3.05, 3.63) is 95.6 Å². The third kappa shape index (κ3) is 3.87. The first-order valence-electron chi connectivity index (χ1n) is 10.9. The molecule has 0 amide bonds. The largest absolute Gasteiger partial charge is 0.496 e. The smallest absolute Gasteiger partial charge is 0.126 e. The van der Waals surface area contributed by atoms with Crippen LogP contribution in [0.4, 0.5) is 0 Å². The number of benzene rings is 3. The van der Waals surface area contributed by atoms with Crippen LogP contribution in [0.15, 0.2) is 84.0 Å². The molecular weight excluding hydrogens is 382 g/mol. The number of para-hydroxylation sites is 1. The molecule has 0 spiro atoms. The van der Waals surface area contributed by atoms with Crippen LogP contribution < -0.4 is 4.74 Å². The van der Waals surface area contributed by atoms with Crippen LogP contribution in [0.5, 0.6) is 5.75 Å². The first-order valence-corrected chi connectivity index (χ1v) is 10.9. The van der Waals surface area contributed by atoms with E-state index >= 15 is 0 Å². The SMILES string of the molecule is COc1ccccc1C=CC=NN1CCN(C2c3ccccc3-c3ccccc32)CC1. The number of piperazine rings is 1. The lowest BCUT2D eigenvalue weighted by Gasteiger charge is -2.37. The molecule has 5 rings (SSSR count). The summed E-state index contributed by atoms with van der Waals surface area (Å²) in [5, 5.41) is 6.82. The van der Waals surface area contributed by atoms with Gasteiger partial charge in [0.05, 0.1) is 13.2 Å². The maximum Gasteiger partial charge on any atom is 0.126 e. The van der Waals surface area contributed by atoms with E-state index in [1.165, 1.54) is 22.3 Å². The number of fused-ring (bicyclic) bond motifs is 3. The second kappa shape index (κ2) is 8.78. The van der Waals surface area contributed by atoms with Crippen LogP contribution in [0, 0.1) is 0 Å².